The maximum Gasteiger partial charge on any atom is 0.337 e. The monoisotopic (exact) mass is 289 g/mol. The Bertz CT molecular complexity index is 452. The zero-order valence-corrected chi connectivity index (χ0v) is 11.4. The largest absolute Gasteiger partial charge is 0.493 e. The quantitative estimate of drug-likeness (QED) is 0.658. The number of hydrogen-bond donors (Lipinski definition) is 3. The third kappa shape index (κ3) is 3.90. The van der Waals surface area contributed by atoms with Crippen LogP contribution in [0.2, 0.25) is 0 Å². The molecule has 1 rings (SSSR count). The van der Waals surface area contributed by atoms with Crippen LogP contribution in [0.5, 0.6) is 11.5 Å². The topological polar surface area (TPSA) is 88.0 Å². The molecule has 1 unspecified atom stereocenters. The third-order valence-electron chi connectivity index (χ3n) is 2.46. The summed E-state index contributed by atoms with van der Waals surface area (Å²) in [6.45, 7) is 0.138. The molecule has 1 atom stereocenters. The van der Waals surface area contributed by atoms with Crippen LogP contribution < -0.4 is 14.8 Å². The molecule has 0 spiro atoms. The summed E-state index contributed by atoms with van der Waals surface area (Å²) in [6, 6.07) is 2.86. The fourth-order valence-corrected chi connectivity index (χ4v) is 1.59. The van der Waals surface area contributed by atoms with Gasteiger partial charge in [-0.2, -0.15) is 0 Å². The van der Waals surface area contributed by atoms with Gasteiger partial charge >= 0.3 is 5.97 Å². The number of aromatic carboxylic acids is 1. The summed E-state index contributed by atoms with van der Waals surface area (Å²) in [7, 11) is 2.88. The van der Waals surface area contributed by atoms with E-state index in [9.17, 15) is 9.90 Å². The number of benzene rings is 1. The minimum Gasteiger partial charge on any atom is -0.493 e. The standard InChI is InChI=1S/C12H16ClNO5/c1-18-10-3-8(12(16)17)9(4-11(10)19-2)14-6-7(15)5-13/h3-4,7,14-15H,5-6H2,1-2H3,(H,16,17). The van der Waals surface area contributed by atoms with E-state index < -0.39 is 12.1 Å². The highest BCUT2D eigenvalue weighted by Crippen LogP contribution is 2.33. The molecule has 0 aliphatic carbocycles. The number of ether oxygens (including phenoxy) is 2. The number of aliphatic hydroxyl groups is 1. The average Bonchev–Trinajstić information content (AvgIpc) is 2.43. The van der Waals surface area contributed by atoms with Gasteiger partial charge in [-0.05, 0) is 0 Å². The van der Waals surface area contributed by atoms with Crippen molar-refractivity contribution in [2.24, 2.45) is 0 Å². The lowest BCUT2D eigenvalue weighted by atomic mass is 10.1. The number of nitrogens with one attached hydrogen (secondary N) is 1. The highest BCUT2D eigenvalue weighted by molar-refractivity contribution is 6.18. The van der Waals surface area contributed by atoms with Crippen molar-refractivity contribution >= 4 is 23.3 Å². The Morgan fingerprint density at radius 2 is 1.95 bits per heavy atom. The highest BCUT2D eigenvalue weighted by atomic mass is 35.5. The zero-order valence-electron chi connectivity index (χ0n) is 10.6. The van der Waals surface area contributed by atoms with Crippen molar-refractivity contribution in [1.82, 2.24) is 0 Å². The smallest absolute Gasteiger partial charge is 0.337 e. The molecule has 0 bridgehead atoms. The van der Waals surface area contributed by atoms with Crippen molar-refractivity contribution in [3.63, 3.8) is 0 Å². The number of hydrogen-bond acceptors (Lipinski definition) is 5. The molecule has 0 saturated carbocycles. The number of aliphatic hydroxyl groups excluding tert-OH is 1. The van der Waals surface area contributed by atoms with Crippen molar-refractivity contribution in [3.05, 3.63) is 17.7 Å². The molecule has 0 aromatic heterocycles. The van der Waals surface area contributed by atoms with Crippen LogP contribution in [-0.2, 0) is 0 Å². The molecule has 7 heteroatoms. The zero-order chi connectivity index (χ0) is 14.4. The first-order valence-corrected chi connectivity index (χ1v) is 6.04. The molecule has 0 amide bonds. The molecule has 0 radical (unpaired) electrons. The predicted molar refractivity (Wildman–Crippen MR) is 71.7 cm³/mol. The van der Waals surface area contributed by atoms with Gasteiger partial charge in [0.1, 0.15) is 0 Å². The van der Waals surface area contributed by atoms with Crippen LogP contribution in [0, 0.1) is 0 Å². The average molecular weight is 290 g/mol. The number of rotatable bonds is 7. The Balaban J connectivity index is 3.09. The number of carboxylic acids is 1. The van der Waals surface area contributed by atoms with E-state index in [0.717, 1.165) is 0 Å². The van der Waals surface area contributed by atoms with Gasteiger partial charge in [0.15, 0.2) is 11.5 Å². The second-order valence-corrected chi connectivity index (χ2v) is 4.06. The lowest BCUT2D eigenvalue weighted by Crippen LogP contribution is -2.22. The first-order valence-electron chi connectivity index (χ1n) is 5.50. The summed E-state index contributed by atoms with van der Waals surface area (Å²) >= 11 is 5.48. The van der Waals surface area contributed by atoms with Crippen LogP contribution in [0.3, 0.4) is 0 Å². The van der Waals surface area contributed by atoms with Crippen LogP contribution in [0.15, 0.2) is 12.1 Å². The van der Waals surface area contributed by atoms with E-state index >= 15 is 0 Å². The minimum atomic E-state index is -1.11. The minimum absolute atomic E-state index is 0.0272. The predicted octanol–water partition coefficient (Wildman–Crippen LogP) is 1.41. The van der Waals surface area contributed by atoms with E-state index in [-0.39, 0.29) is 18.0 Å². The summed E-state index contributed by atoms with van der Waals surface area (Å²) in [6.07, 6.45) is -0.767. The van der Waals surface area contributed by atoms with Crippen LogP contribution in [0.1, 0.15) is 10.4 Å². The first kappa shape index (κ1) is 15.4. The van der Waals surface area contributed by atoms with Gasteiger partial charge in [-0.1, -0.05) is 0 Å². The molecule has 6 nitrogen and oxygen atoms in total. The molecular formula is C12H16ClNO5. The van der Waals surface area contributed by atoms with Crippen molar-refractivity contribution in [2.75, 3.05) is 32.0 Å². The van der Waals surface area contributed by atoms with E-state index in [4.69, 9.17) is 26.2 Å². The first-order chi connectivity index (χ1) is 9.03. The fourth-order valence-electron chi connectivity index (χ4n) is 1.48. The van der Waals surface area contributed by atoms with Gasteiger partial charge in [0.05, 0.1) is 37.5 Å². The van der Waals surface area contributed by atoms with Crippen molar-refractivity contribution in [3.8, 4) is 11.5 Å². The van der Waals surface area contributed by atoms with Gasteiger partial charge in [-0.15, -0.1) is 11.6 Å². The van der Waals surface area contributed by atoms with E-state index in [1.54, 1.807) is 0 Å². The Labute approximate surface area is 115 Å². The maximum absolute atomic E-state index is 11.2. The van der Waals surface area contributed by atoms with Crippen LogP contribution in [0.4, 0.5) is 5.69 Å². The van der Waals surface area contributed by atoms with Crippen LogP contribution in [0.25, 0.3) is 0 Å². The molecule has 19 heavy (non-hydrogen) atoms. The molecule has 0 aliphatic rings. The molecule has 1 aromatic carbocycles. The van der Waals surface area contributed by atoms with Gasteiger partial charge in [-0.25, -0.2) is 4.79 Å². The van der Waals surface area contributed by atoms with Gasteiger partial charge in [0.25, 0.3) is 0 Å². The summed E-state index contributed by atoms with van der Waals surface area (Å²) in [5, 5.41) is 21.3. The lowest BCUT2D eigenvalue weighted by molar-refractivity contribution is 0.0697. The molecule has 0 saturated heterocycles. The Hall–Kier alpha value is -1.66. The van der Waals surface area contributed by atoms with Gasteiger partial charge in [-0.3, -0.25) is 0 Å². The molecule has 0 aliphatic heterocycles. The van der Waals surface area contributed by atoms with Gasteiger partial charge in [0, 0.05) is 18.7 Å². The molecule has 0 fully saturated rings. The SMILES string of the molecule is COc1cc(NCC(O)CCl)c(C(=O)O)cc1OC. The number of alkyl halides is 1. The molecular weight excluding hydrogens is 274 g/mol. The number of carboxylic acid groups (broad SMARTS) is 1. The summed E-state index contributed by atoms with van der Waals surface area (Å²) in [5.41, 5.74) is 0.355. The van der Waals surface area contributed by atoms with Gasteiger partial charge < -0.3 is 25.0 Å². The molecule has 106 valence electrons. The van der Waals surface area contributed by atoms with Crippen LogP contribution >= 0.6 is 11.6 Å². The number of halogens is 1. The number of anilines is 1. The van der Waals surface area contributed by atoms with Crippen molar-refractivity contribution in [2.45, 2.75) is 6.10 Å². The molecule has 3 N–H and O–H groups in total. The van der Waals surface area contributed by atoms with E-state index in [1.807, 2.05) is 0 Å². The van der Waals surface area contributed by atoms with Crippen molar-refractivity contribution in [1.29, 1.82) is 0 Å². The Morgan fingerprint density at radius 3 is 2.42 bits per heavy atom. The fraction of sp³-hybridized carbons (Fsp3) is 0.417. The van der Waals surface area contributed by atoms with E-state index in [1.165, 1.54) is 26.4 Å². The second-order valence-electron chi connectivity index (χ2n) is 3.75. The van der Waals surface area contributed by atoms with Crippen molar-refractivity contribution < 1.29 is 24.5 Å². The Morgan fingerprint density at radius 1 is 1.37 bits per heavy atom. The summed E-state index contributed by atoms with van der Waals surface area (Å²) < 4.78 is 10.1. The highest BCUT2D eigenvalue weighted by Gasteiger charge is 2.16. The Kier molecular flexibility index (Phi) is 5.72. The lowest BCUT2D eigenvalue weighted by Gasteiger charge is -2.15. The van der Waals surface area contributed by atoms with Gasteiger partial charge in [0.2, 0.25) is 0 Å². The third-order valence-corrected chi connectivity index (χ3v) is 2.82. The molecule has 1 aromatic rings. The summed E-state index contributed by atoms with van der Waals surface area (Å²) in [5.74, 6) is -0.328. The number of methoxy groups -OCH3 is 2. The maximum atomic E-state index is 11.2. The second kappa shape index (κ2) is 7.06. The normalized spacial score (nSPS) is 11.8. The summed E-state index contributed by atoms with van der Waals surface area (Å²) in [4.78, 5) is 11.2. The molecule has 0 heterocycles. The number of carbonyl (C=O) groups is 1. The van der Waals surface area contributed by atoms with Crippen LogP contribution in [-0.4, -0.2) is 48.9 Å². The van der Waals surface area contributed by atoms with E-state index in [2.05, 4.69) is 5.32 Å². The van der Waals surface area contributed by atoms with E-state index in [0.29, 0.717) is 17.2 Å².